The minimum absolute atomic E-state index is 0.302. The van der Waals surface area contributed by atoms with E-state index in [1.54, 1.807) is 24.3 Å². The highest BCUT2D eigenvalue weighted by atomic mass is 19.1. The Balaban J connectivity index is 1.78. The van der Waals surface area contributed by atoms with E-state index in [1.165, 1.54) is 16.9 Å². The van der Waals surface area contributed by atoms with Gasteiger partial charge in [0, 0.05) is 5.56 Å². The van der Waals surface area contributed by atoms with Gasteiger partial charge in [0.2, 0.25) is 5.82 Å². The molecule has 1 heterocycles. The third-order valence-electron chi connectivity index (χ3n) is 2.96. The molecule has 0 fully saturated rings. The number of hydrogen-bond donors (Lipinski definition) is 0. The van der Waals surface area contributed by atoms with E-state index < -0.39 is 0 Å². The summed E-state index contributed by atoms with van der Waals surface area (Å²) >= 11 is 0. The molecule has 0 unspecified atom stereocenters. The zero-order valence-corrected chi connectivity index (χ0v) is 10.9. The molecule has 6 heteroatoms. The molecule has 102 valence electrons. The van der Waals surface area contributed by atoms with Crippen molar-refractivity contribution in [2.24, 2.45) is 0 Å². The lowest BCUT2D eigenvalue weighted by molar-refractivity contribution is 0.573. The third kappa shape index (κ3) is 2.92. The Morgan fingerprint density at radius 1 is 1.05 bits per heavy atom. The molecule has 1 aromatic heterocycles. The first-order chi connectivity index (χ1) is 10.2. The summed E-state index contributed by atoms with van der Waals surface area (Å²) in [4.78, 5) is 1.46. The second-order valence-corrected chi connectivity index (χ2v) is 4.46. The second-order valence-electron chi connectivity index (χ2n) is 4.46. The lowest BCUT2D eigenvalue weighted by Gasteiger charge is -1.99. The van der Waals surface area contributed by atoms with Crippen LogP contribution < -0.4 is 0 Å². The van der Waals surface area contributed by atoms with Crippen LogP contribution in [0.5, 0.6) is 0 Å². The van der Waals surface area contributed by atoms with E-state index in [4.69, 9.17) is 5.26 Å². The summed E-state index contributed by atoms with van der Waals surface area (Å²) in [5.41, 5.74) is 2.29. The predicted octanol–water partition coefficient (Wildman–Crippen LogP) is 2.40. The lowest BCUT2D eigenvalue weighted by atomic mass is 10.1. The van der Waals surface area contributed by atoms with Gasteiger partial charge in [0.15, 0.2) is 0 Å². The number of rotatable bonds is 3. The fourth-order valence-corrected chi connectivity index (χ4v) is 1.87. The highest BCUT2D eigenvalue weighted by Crippen LogP contribution is 2.14. The number of tetrazole rings is 1. The maximum absolute atomic E-state index is 12.9. The van der Waals surface area contributed by atoms with Crippen molar-refractivity contribution >= 4 is 0 Å². The molecule has 2 aromatic carbocycles. The van der Waals surface area contributed by atoms with Crippen LogP contribution in [-0.2, 0) is 6.54 Å². The number of aromatic nitrogens is 4. The van der Waals surface area contributed by atoms with Crippen molar-refractivity contribution < 1.29 is 4.39 Å². The van der Waals surface area contributed by atoms with Crippen LogP contribution >= 0.6 is 0 Å². The minimum Gasteiger partial charge on any atom is -0.207 e. The van der Waals surface area contributed by atoms with Crippen molar-refractivity contribution in [1.82, 2.24) is 20.2 Å². The maximum Gasteiger partial charge on any atom is 0.204 e. The monoisotopic (exact) mass is 279 g/mol. The minimum atomic E-state index is -0.302. The molecule has 0 bridgehead atoms. The van der Waals surface area contributed by atoms with Gasteiger partial charge >= 0.3 is 0 Å². The summed E-state index contributed by atoms with van der Waals surface area (Å²) in [5, 5.41) is 20.9. The van der Waals surface area contributed by atoms with Gasteiger partial charge in [-0.25, -0.2) is 4.39 Å². The molecule has 0 atom stereocenters. The fourth-order valence-electron chi connectivity index (χ4n) is 1.87. The van der Waals surface area contributed by atoms with Crippen LogP contribution in [-0.4, -0.2) is 20.2 Å². The fraction of sp³-hybridized carbons (Fsp3) is 0.0667. The van der Waals surface area contributed by atoms with Crippen molar-refractivity contribution in [3.05, 3.63) is 65.5 Å². The zero-order valence-electron chi connectivity index (χ0n) is 10.9. The van der Waals surface area contributed by atoms with Crippen LogP contribution in [0, 0.1) is 17.1 Å². The largest absolute Gasteiger partial charge is 0.207 e. The molecule has 3 rings (SSSR count). The standard InChI is InChI=1S/C15H10FN5/c16-14-7-5-13(6-8-14)15-18-20-21(19-15)10-12-3-1-11(9-17)2-4-12/h1-8H,10H2. The molecule has 0 saturated heterocycles. The van der Waals surface area contributed by atoms with Gasteiger partial charge in [-0.2, -0.15) is 10.1 Å². The van der Waals surface area contributed by atoms with E-state index in [2.05, 4.69) is 21.5 Å². The lowest BCUT2D eigenvalue weighted by Crippen LogP contribution is -2.03. The number of hydrogen-bond acceptors (Lipinski definition) is 4. The molecule has 3 aromatic rings. The van der Waals surface area contributed by atoms with Gasteiger partial charge in [0.25, 0.3) is 0 Å². The first kappa shape index (κ1) is 12.9. The molecule has 5 nitrogen and oxygen atoms in total. The average Bonchev–Trinajstić information content (AvgIpc) is 2.97. The van der Waals surface area contributed by atoms with E-state index in [-0.39, 0.29) is 5.82 Å². The number of halogens is 1. The van der Waals surface area contributed by atoms with Gasteiger partial charge in [-0.05, 0) is 47.2 Å². The van der Waals surface area contributed by atoms with Gasteiger partial charge in [0.05, 0.1) is 18.2 Å². The Bertz CT molecular complexity index is 784. The molecule has 0 radical (unpaired) electrons. The van der Waals surface area contributed by atoms with Crippen molar-refractivity contribution in [3.63, 3.8) is 0 Å². The summed E-state index contributed by atoms with van der Waals surface area (Å²) in [7, 11) is 0. The van der Waals surface area contributed by atoms with Crippen molar-refractivity contribution in [3.8, 4) is 17.5 Å². The van der Waals surface area contributed by atoms with Crippen LogP contribution in [0.1, 0.15) is 11.1 Å². The average molecular weight is 279 g/mol. The Morgan fingerprint density at radius 2 is 1.76 bits per heavy atom. The van der Waals surface area contributed by atoms with Crippen LogP contribution in [0.2, 0.25) is 0 Å². The zero-order chi connectivity index (χ0) is 14.7. The molecule has 0 N–H and O–H groups in total. The number of nitriles is 1. The Morgan fingerprint density at radius 3 is 2.43 bits per heavy atom. The first-order valence-corrected chi connectivity index (χ1v) is 6.27. The van der Waals surface area contributed by atoms with Gasteiger partial charge in [-0.1, -0.05) is 12.1 Å². The molecular weight excluding hydrogens is 269 g/mol. The Hall–Kier alpha value is -3.07. The normalized spacial score (nSPS) is 10.3. The molecule has 0 aliphatic carbocycles. The highest BCUT2D eigenvalue weighted by molar-refractivity contribution is 5.53. The molecule has 0 aliphatic heterocycles. The first-order valence-electron chi connectivity index (χ1n) is 6.27. The third-order valence-corrected chi connectivity index (χ3v) is 2.96. The van der Waals surface area contributed by atoms with Gasteiger partial charge in [0.1, 0.15) is 5.82 Å². The molecule has 0 amide bonds. The van der Waals surface area contributed by atoms with Crippen LogP contribution in [0.4, 0.5) is 4.39 Å². The van der Waals surface area contributed by atoms with Crippen LogP contribution in [0.3, 0.4) is 0 Å². The highest BCUT2D eigenvalue weighted by Gasteiger charge is 2.06. The summed E-state index contributed by atoms with van der Waals surface area (Å²) in [6, 6.07) is 15.2. The quantitative estimate of drug-likeness (QED) is 0.738. The summed E-state index contributed by atoms with van der Waals surface area (Å²) in [5.74, 6) is 0.146. The number of benzene rings is 2. The summed E-state index contributed by atoms with van der Waals surface area (Å²) in [6.45, 7) is 0.458. The molecular formula is C15H10FN5. The van der Waals surface area contributed by atoms with Crippen molar-refractivity contribution in [2.75, 3.05) is 0 Å². The summed E-state index contributed by atoms with van der Waals surface area (Å²) < 4.78 is 12.9. The van der Waals surface area contributed by atoms with Gasteiger partial charge < -0.3 is 0 Å². The Kier molecular flexibility index (Phi) is 3.39. The van der Waals surface area contributed by atoms with Crippen LogP contribution in [0.25, 0.3) is 11.4 Å². The van der Waals surface area contributed by atoms with Crippen molar-refractivity contribution in [1.29, 1.82) is 5.26 Å². The molecule has 0 aliphatic rings. The molecule has 21 heavy (non-hydrogen) atoms. The van der Waals surface area contributed by atoms with Crippen LogP contribution in [0.15, 0.2) is 48.5 Å². The van der Waals surface area contributed by atoms with E-state index in [0.29, 0.717) is 23.5 Å². The predicted molar refractivity (Wildman–Crippen MR) is 73.5 cm³/mol. The smallest absolute Gasteiger partial charge is 0.204 e. The number of nitrogens with zero attached hydrogens (tertiary/aromatic N) is 5. The van der Waals surface area contributed by atoms with E-state index in [1.807, 2.05) is 12.1 Å². The molecule has 0 saturated carbocycles. The Labute approximate surface area is 120 Å². The van der Waals surface area contributed by atoms with E-state index >= 15 is 0 Å². The van der Waals surface area contributed by atoms with Gasteiger partial charge in [-0.3, -0.25) is 0 Å². The van der Waals surface area contributed by atoms with E-state index in [0.717, 1.165) is 5.56 Å². The molecule has 0 spiro atoms. The topological polar surface area (TPSA) is 67.4 Å². The van der Waals surface area contributed by atoms with Crippen molar-refractivity contribution in [2.45, 2.75) is 6.54 Å². The SMILES string of the molecule is N#Cc1ccc(Cn2nnc(-c3ccc(F)cc3)n2)cc1. The van der Waals surface area contributed by atoms with Gasteiger partial charge in [-0.15, -0.1) is 10.2 Å². The maximum atomic E-state index is 12.9. The second kappa shape index (κ2) is 5.51. The van der Waals surface area contributed by atoms with E-state index in [9.17, 15) is 4.39 Å². The summed E-state index contributed by atoms with van der Waals surface area (Å²) in [6.07, 6.45) is 0.